The number of carbonyl (C=O) groups is 2. The fraction of sp³-hybridized carbons (Fsp3) is 0.333. The molecule has 0 fully saturated rings. The quantitative estimate of drug-likeness (QED) is 0.299. The minimum Gasteiger partial charge on any atom is -0.493 e. The van der Waals surface area contributed by atoms with E-state index in [4.69, 9.17) is 21.1 Å². The molecule has 11 heteroatoms. The second kappa shape index (κ2) is 14.2. The highest BCUT2D eigenvalue weighted by Gasteiger charge is 2.34. The zero-order valence-electron chi connectivity index (χ0n) is 23.8. The summed E-state index contributed by atoms with van der Waals surface area (Å²) in [6.07, 6.45) is 0.302. The van der Waals surface area contributed by atoms with Crippen LogP contribution in [0.4, 0.5) is 5.69 Å². The molecule has 1 N–H and O–H groups in total. The molecular weight excluding hydrogens is 566 g/mol. The van der Waals surface area contributed by atoms with E-state index in [1.54, 1.807) is 55.5 Å². The molecule has 9 nitrogen and oxygen atoms in total. The maximum atomic E-state index is 14.1. The maximum absolute atomic E-state index is 14.1. The predicted molar refractivity (Wildman–Crippen MR) is 160 cm³/mol. The molecule has 0 spiro atoms. The number of hydrogen-bond acceptors (Lipinski definition) is 6. The molecule has 0 aliphatic carbocycles. The maximum Gasteiger partial charge on any atom is 0.264 e. The van der Waals surface area contributed by atoms with E-state index in [0.29, 0.717) is 28.5 Å². The summed E-state index contributed by atoms with van der Waals surface area (Å²) >= 11 is 6.43. The van der Waals surface area contributed by atoms with E-state index in [1.165, 1.54) is 43.4 Å². The van der Waals surface area contributed by atoms with Crippen LogP contribution in [-0.4, -0.2) is 58.0 Å². The molecule has 0 heterocycles. The van der Waals surface area contributed by atoms with Crippen molar-refractivity contribution >= 4 is 39.1 Å². The van der Waals surface area contributed by atoms with Crippen LogP contribution in [0.15, 0.2) is 77.7 Å². The summed E-state index contributed by atoms with van der Waals surface area (Å²) in [6, 6.07) is 18.4. The smallest absolute Gasteiger partial charge is 0.264 e. The van der Waals surface area contributed by atoms with Crippen LogP contribution < -0.4 is 19.1 Å². The van der Waals surface area contributed by atoms with Crippen LogP contribution >= 0.6 is 11.6 Å². The highest BCUT2D eigenvalue weighted by molar-refractivity contribution is 7.92. The Morgan fingerprint density at radius 1 is 0.927 bits per heavy atom. The van der Waals surface area contributed by atoms with E-state index in [1.807, 2.05) is 13.8 Å². The Bertz CT molecular complexity index is 1450. The number of halogens is 1. The number of ether oxygens (including phenoxy) is 2. The van der Waals surface area contributed by atoms with Crippen LogP contribution in [0.25, 0.3) is 0 Å². The Morgan fingerprint density at radius 3 is 2.15 bits per heavy atom. The van der Waals surface area contributed by atoms with Crippen molar-refractivity contribution in [2.45, 2.75) is 50.7 Å². The highest BCUT2D eigenvalue weighted by Crippen LogP contribution is 2.34. The average molecular weight is 602 g/mol. The number of anilines is 1. The van der Waals surface area contributed by atoms with Gasteiger partial charge in [0.15, 0.2) is 11.5 Å². The Labute approximate surface area is 247 Å². The minimum atomic E-state index is -4.22. The molecule has 0 aromatic heterocycles. The third kappa shape index (κ3) is 7.71. The number of hydrogen-bond donors (Lipinski definition) is 1. The van der Waals surface area contributed by atoms with Crippen LogP contribution in [0, 0.1) is 0 Å². The first-order valence-electron chi connectivity index (χ1n) is 13.2. The van der Waals surface area contributed by atoms with E-state index in [0.717, 1.165) is 4.31 Å². The number of benzene rings is 3. The first kappa shape index (κ1) is 31.8. The Kier molecular flexibility index (Phi) is 11.0. The van der Waals surface area contributed by atoms with Crippen molar-refractivity contribution in [3.8, 4) is 11.5 Å². The molecule has 41 heavy (non-hydrogen) atoms. The predicted octanol–water partition coefficient (Wildman–Crippen LogP) is 4.88. The molecule has 0 aliphatic heterocycles. The van der Waals surface area contributed by atoms with E-state index >= 15 is 0 Å². The van der Waals surface area contributed by atoms with E-state index in [9.17, 15) is 18.0 Å². The van der Waals surface area contributed by atoms with Gasteiger partial charge in [0.05, 0.1) is 24.8 Å². The van der Waals surface area contributed by atoms with E-state index in [-0.39, 0.29) is 29.1 Å². The largest absolute Gasteiger partial charge is 0.493 e. The molecule has 0 bridgehead atoms. The van der Waals surface area contributed by atoms with Crippen molar-refractivity contribution in [3.63, 3.8) is 0 Å². The van der Waals surface area contributed by atoms with Crippen molar-refractivity contribution < 1.29 is 27.5 Å². The Morgan fingerprint density at radius 2 is 1.56 bits per heavy atom. The second-order valence-electron chi connectivity index (χ2n) is 9.56. The Balaban J connectivity index is 2.12. The van der Waals surface area contributed by atoms with Gasteiger partial charge >= 0.3 is 0 Å². The Hall–Kier alpha value is -3.76. The zero-order chi connectivity index (χ0) is 30.2. The average Bonchev–Trinajstić information content (AvgIpc) is 2.96. The van der Waals surface area contributed by atoms with Crippen molar-refractivity contribution in [3.05, 3.63) is 83.4 Å². The lowest BCUT2D eigenvalue weighted by atomic mass is 10.1. The summed E-state index contributed by atoms with van der Waals surface area (Å²) in [5.74, 6) is -0.228. The summed E-state index contributed by atoms with van der Waals surface area (Å²) in [4.78, 5) is 28.7. The molecule has 2 amide bonds. The van der Waals surface area contributed by atoms with Gasteiger partial charge < -0.3 is 19.7 Å². The number of nitrogens with zero attached hydrogens (tertiary/aromatic N) is 2. The molecule has 0 saturated carbocycles. The van der Waals surface area contributed by atoms with Crippen molar-refractivity contribution in [2.75, 3.05) is 25.1 Å². The third-order valence-corrected chi connectivity index (χ3v) is 8.54. The first-order valence-corrected chi connectivity index (χ1v) is 15.0. The van der Waals surface area contributed by atoms with Crippen molar-refractivity contribution in [2.24, 2.45) is 0 Å². The molecule has 0 radical (unpaired) electrons. The molecule has 1 atom stereocenters. The fourth-order valence-corrected chi connectivity index (χ4v) is 5.96. The van der Waals surface area contributed by atoms with Crippen molar-refractivity contribution in [1.29, 1.82) is 0 Å². The minimum absolute atomic E-state index is 0.00447. The lowest BCUT2D eigenvalue weighted by molar-refractivity contribution is -0.140. The van der Waals surface area contributed by atoms with Crippen molar-refractivity contribution in [1.82, 2.24) is 10.2 Å². The fourth-order valence-electron chi connectivity index (χ4n) is 4.34. The number of sulfonamides is 1. The van der Waals surface area contributed by atoms with Gasteiger partial charge in [-0.1, -0.05) is 54.9 Å². The van der Waals surface area contributed by atoms with Gasteiger partial charge in [0.25, 0.3) is 10.0 Å². The number of amides is 2. The van der Waals surface area contributed by atoms with Crippen LogP contribution in [0.1, 0.15) is 32.8 Å². The summed E-state index contributed by atoms with van der Waals surface area (Å²) in [5.41, 5.74) is 0.819. The standard InChI is InChI=1S/C30H36ClN3O6S/c1-6-26(30(36)32-21(2)3)33(19-22-12-10-11-15-25(22)31)29(35)20-34(41(37,38)24-13-8-7-9-14-24)23-16-17-27(39-4)28(18-23)40-5/h7-18,21,26H,6,19-20H2,1-5H3,(H,32,36)/t26-/m0/s1. The van der Waals surface area contributed by atoms with Crippen LogP contribution in [0.2, 0.25) is 5.02 Å². The van der Waals surface area contributed by atoms with Gasteiger partial charge in [-0.05, 0) is 56.2 Å². The topological polar surface area (TPSA) is 105 Å². The number of carbonyl (C=O) groups excluding carboxylic acids is 2. The number of nitrogens with one attached hydrogen (secondary N) is 1. The SMILES string of the molecule is CC[C@@H](C(=O)NC(C)C)N(Cc1ccccc1Cl)C(=O)CN(c1ccc(OC)c(OC)c1)S(=O)(=O)c1ccccc1. The number of methoxy groups -OCH3 is 2. The van der Waals surface area contributed by atoms with Crippen LogP contribution in [0.3, 0.4) is 0 Å². The summed E-state index contributed by atoms with van der Waals surface area (Å²) < 4.78 is 39.7. The lowest BCUT2D eigenvalue weighted by Gasteiger charge is -2.33. The summed E-state index contributed by atoms with van der Waals surface area (Å²) in [5, 5.41) is 3.30. The highest BCUT2D eigenvalue weighted by atomic mass is 35.5. The van der Waals surface area contributed by atoms with Gasteiger partial charge in [-0.25, -0.2) is 8.42 Å². The normalized spacial score (nSPS) is 12.0. The molecule has 0 unspecified atom stereocenters. The second-order valence-corrected chi connectivity index (χ2v) is 11.8. The molecular formula is C30H36ClN3O6S. The van der Waals surface area contributed by atoms with Gasteiger partial charge in [-0.2, -0.15) is 0 Å². The van der Waals surface area contributed by atoms with Gasteiger partial charge in [0.1, 0.15) is 12.6 Å². The van der Waals surface area contributed by atoms with Crippen LogP contribution in [0.5, 0.6) is 11.5 Å². The zero-order valence-corrected chi connectivity index (χ0v) is 25.4. The van der Waals surface area contributed by atoms with E-state index in [2.05, 4.69) is 5.32 Å². The monoisotopic (exact) mass is 601 g/mol. The van der Waals surface area contributed by atoms with Gasteiger partial charge in [0.2, 0.25) is 11.8 Å². The lowest BCUT2D eigenvalue weighted by Crippen LogP contribution is -2.53. The summed E-state index contributed by atoms with van der Waals surface area (Å²) in [7, 11) is -1.31. The molecule has 0 aliphatic rings. The summed E-state index contributed by atoms with van der Waals surface area (Å²) in [6.45, 7) is 4.88. The molecule has 3 aromatic rings. The third-order valence-electron chi connectivity index (χ3n) is 6.38. The van der Waals surface area contributed by atoms with Gasteiger partial charge in [0, 0.05) is 23.7 Å². The van der Waals surface area contributed by atoms with E-state index < -0.39 is 28.5 Å². The number of rotatable bonds is 13. The van der Waals surface area contributed by atoms with Crippen LogP contribution in [-0.2, 0) is 26.2 Å². The van der Waals surface area contributed by atoms with Gasteiger partial charge in [-0.15, -0.1) is 0 Å². The van der Waals surface area contributed by atoms with Gasteiger partial charge in [-0.3, -0.25) is 13.9 Å². The molecule has 3 rings (SSSR count). The first-order chi connectivity index (χ1) is 19.5. The molecule has 220 valence electrons. The molecule has 3 aromatic carbocycles. The molecule has 0 saturated heterocycles.